The third-order valence-corrected chi connectivity index (χ3v) is 4.38. The zero-order valence-electron chi connectivity index (χ0n) is 10.6. The van der Waals surface area contributed by atoms with Gasteiger partial charge < -0.3 is 10.5 Å². The second-order valence-electron chi connectivity index (χ2n) is 4.89. The van der Waals surface area contributed by atoms with Gasteiger partial charge in [-0.1, -0.05) is 24.3 Å². The van der Waals surface area contributed by atoms with Gasteiger partial charge in [-0.2, -0.15) is 0 Å². The quantitative estimate of drug-likeness (QED) is 0.635. The van der Waals surface area contributed by atoms with E-state index in [1.54, 1.807) is 0 Å². The Kier molecular flexibility index (Phi) is 3.64. The molecule has 0 saturated heterocycles. The van der Waals surface area contributed by atoms with E-state index in [0.29, 0.717) is 0 Å². The van der Waals surface area contributed by atoms with Crippen LogP contribution in [0.3, 0.4) is 0 Å². The van der Waals surface area contributed by atoms with Gasteiger partial charge in [-0.05, 0) is 71.2 Å². The molecule has 2 N–H and O–H groups in total. The van der Waals surface area contributed by atoms with Crippen LogP contribution < -0.4 is 10.5 Å². The van der Waals surface area contributed by atoms with Crippen molar-refractivity contribution < 1.29 is 4.74 Å². The summed E-state index contributed by atoms with van der Waals surface area (Å²) in [6.07, 6.45) is 3.60. The number of ether oxygens (including phenoxy) is 1. The number of aryl methyl sites for hydroxylation is 1. The molecule has 0 bridgehead atoms. The highest BCUT2D eigenvalue weighted by molar-refractivity contribution is 14.1. The molecule has 0 amide bonds. The van der Waals surface area contributed by atoms with E-state index in [-0.39, 0.29) is 6.10 Å². The number of hydrogen-bond acceptors (Lipinski definition) is 2. The van der Waals surface area contributed by atoms with Crippen molar-refractivity contribution in [3.63, 3.8) is 0 Å². The van der Waals surface area contributed by atoms with Crippen LogP contribution in [0.25, 0.3) is 0 Å². The average molecular weight is 365 g/mol. The third-order valence-electron chi connectivity index (χ3n) is 3.54. The average Bonchev–Trinajstić information content (AvgIpc) is 2.42. The monoisotopic (exact) mass is 365 g/mol. The Morgan fingerprint density at radius 1 is 1.16 bits per heavy atom. The molecule has 0 aromatic heterocycles. The normalized spacial score (nSPS) is 17.8. The molecule has 19 heavy (non-hydrogen) atoms. The first-order valence-electron chi connectivity index (χ1n) is 6.53. The predicted molar refractivity (Wildman–Crippen MR) is 86.3 cm³/mol. The van der Waals surface area contributed by atoms with Crippen molar-refractivity contribution in [1.82, 2.24) is 0 Å². The van der Waals surface area contributed by atoms with Crippen molar-refractivity contribution in [2.45, 2.75) is 25.4 Å². The van der Waals surface area contributed by atoms with Gasteiger partial charge in [0.2, 0.25) is 0 Å². The van der Waals surface area contributed by atoms with Gasteiger partial charge in [0.05, 0.1) is 3.57 Å². The van der Waals surface area contributed by atoms with Gasteiger partial charge in [-0.25, -0.2) is 0 Å². The minimum Gasteiger partial charge on any atom is -0.485 e. The molecule has 0 fully saturated rings. The van der Waals surface area contributed by atoms with E-state index in [9.17, 15) is 0 Å². The summed E-state index contributed by atoms with van der Waals surface area (Å²) in [5.41, 5.74) is 9.31. The molecule has 3 heteroatoms. The Bertz CT molecular complexity index is 597. The Morgan fingerprint density at radius 3 is 2.84 bits per heavy atom. The summed E-state index contributed by atoms with van der Waals surface area (Å²) in [5, 5.41) is 0. The molecule has 1 aliphatic rings. The van der Waals surface area contributed by atoms with Crippen molar-refractivity contribution in [2.75, 3.05) is 5.73 Å². The van der Waals surface area contributed by atoms with Crippen molar-refractivity contribution in [3.05, 3.63) is 57.2 Å². The van der Waals surface area contributed by atoms with E-state index in [0.717, 1.165) is 27.8 Å². The summed E-state index contributed by atoms with van der Waals surface area (Å²) >= 11 is 2.28. The van der Waals surface area contributed by atoms with Crippen LogP contribution in [0.15, 0.2) is 42.5 Å². The number of benzene rings is 2. The van der Waals surface area contributed by atoms with E-state index >= 15 is 0 Å². The molecule has 1 unspecified atom stereocenters. The first-order chi connectivity index (χ1) is 9.24. The number of anilines is 1. The maximum Gasteiger partial charge on any atom is 0.133 e. The maximum absolute atomic E-state index is 6.20. The lowest BCUT2D eigenvalue weighted by molar-refractivity contribution is 0.182. The Balaban J connectivity index is 1.88. The van der Waals surface area contributed by atoms with Crippen LogP contribution >= 0.6 is 22.6 Å². The molecule has 0 radical (unpaired) electrons. The second-order valence-corrected chi connectivity index (χ2v) is 6.05. The fraction of sp³-hybridized carbons (Fsp3) is 0.250. The van der Waals surface area contributed by atoms with E-state index < -0.39 is 0 Å². The third kappa shape index (κ3) is 2.71. The minimum absolute atomic E-state index is 0.169. The summed E-state index contributed by atoms with van der Waals surface area (Å²) in [4.78, 5) is 0. The molecule has 0 spiro atoms. The minimum atomic E-state index is 0.169. The number of nitrogens with two attached hydrogens (primary N) is 1. The van der Waals surface area contributed by atoms with Gasteiger partial charge >= 0.3 is 0 Å². The maximum atomic E-state index is 6.20. The SMILES string of the molecule is Nc1ccc(OC2CCCc3ccccc32)c(I)c1. The number of hydrogen-bond donors (Lipinski definition) is 1. The van der Waals surface area contributed by atoms with Crippen molar-refractivity contribution >= 4 is 28.3 Å². The molecule has 2 nitrogen and oxygen atoms in total. The zero-order chi connectivity index (χ0) is 13.2. The van der Waals surface area contributed by atoms with Crippen molar-refractivity contribution in [2.24, 2.45) is 0 Å². The molecule has 0 aliphatic heterocycles. The fourth-order valence-electron chi connectivity index (χ4n) is 2.60. The van der Waals surface area contributed by atoms with Gasteiger partial charge in [0.1, 0.15) is 11.9 Å². The van der Waals surface area contributed by atoms with Gasteiger partial charge in [-0.15, -0.1) is 0 Å². The van der Waals surface area contributed by atoms with Gasteiger partial charge in [0.25, 0.3) is 0 Å². The van der Waals surface area contributed by atoms with Crippen molar-refractivity contribution in [3.8, 4) is 5.75 Å². The molecule has 3 rings (SSSR count). The van der Waals surface area contributed by atoms with Gasteiger partial charge in [0.15, 0.2) is 0 Å². The van der Waals surface area contributed by atoms with Crippen LogP contribution in [-0.4, -0.2) is 0 Å². The molecule has 2 aromatic carbocycles. The molecule has 2 aromatic rings. The van der Waals surface area contributed by atoms with E-state index in [2.05, 4.69) is 46.9 Å². The Hall–Kier alpha value is -1.23. The molecule has 1 atom stereocenters. The molecule has 0 saturated carbocycles. The predicted octanol–water partition coefficient (Wildman–Crippen LogP) is 4.33. The van der Waals surface area contributed by atoms with Gasteiger partial charge in [0, 0.05) is 5.69 Å². The Labute approximate surface area is 127 Å². The molecule has 1 aliphatic carbocycles. The number of fused-ring (bicyclic) bond motifs is 1. The summed E-state index contributed by atoms with van der Waals surface area (Å²) in [6, 6.07) is 14.4. The van der Waals surface area contributed by atoms with Crippen molar-refractivity contribution in [1.29, 1.82) is 0 Å². The first-order valence-corrected chi connectivity index (χ1v) is 7.61. The summed E-state index contributed by atoms with van der Waals surface area (Å²) < 4.78 is 7.27. The second kappa shape index (κ2) is 5.41. The topological polar surface area (TPSA) is 35.2 Å². The van der Waals surface area contributed by atoms with Crippen LogP contribution in [-0.2, 0) is 6.42 Å². The molecule has 0 heterocycles. The van der Waals surface area contributed by atoms with E-state index in [1.165, 1.54) is 17.5 Å². The summed E-state index contributed by atoms with van der Waals surface area (Å²) in [5.74, 6) is 0.927. The number of nitrogen functional groups attached to an aromatic ring is 1. The largest absolute Gasteiger partial charge is 0.485 e. The van der Waals surface area contributed by atoms with E-state index in [4.69, 9.17) is 10.5 Å². The Morgan fingerprint density at radius 2 is 2.00 bits per heavy atom. The molecule has 98 valence electrons. The summed E-state index contributed by atoms with van der Waals surface area (Å²) in [6.45, 7) is 0. The standard InChI is InChI=1S/C16H16INO/c17-14-10-12(18)8-9-16(14)19-15-7-3-5-11-4-1-2-6-13(11)15/h1-2,4,6,8-10,15H,3,5,7,18H2. The van der Waals surface area contributed by atoms with E-state index in [1.807, 2.05) is 18.2 Å². The van der Waals surface area contributed by atoms with Crippen LogP contribution in [0.5, 0.6) is 5.75 Å². The first kappa shape index (κ1) is 12.8. The summed E-state index contributed by atoms with van der Waals surface area (Å²) in [7, 11) is 0. The van der Waals surface area contributed by atoms with Gasteiger partial charge in [-0.3, -0.25) is 0 Å². The van der Waals surface area contributed by atoms with Crippen LogP contribution in [0.2, 0.25) is 0 Å². The lowest BCUT2D eigenvalue weighted by atomic mass is 9.89. The highest BCUT2D eigenvalue weighted by atomic mass is 127. The number of rotatable bonds is 2. The van der Waals surface area contributed by atoms with Crippen LogP contribution in [0, 0.1) is 3.57 Å². The highest BCUT2D eigenvalue weighted by Gasteiger charge is 2.21. The number of halogens is 1. The zero-order valence-corrected chi connectivity index (χ0v) is 12.8. The molecular formula is C16H16INO. The fourth-order valence-corrected chi connectivity index (χ4v) is 3.26. The van der Waals surface area contributed by atoms with Crippen LogP contribution in [0.1, 0.15) is 30.1 Å². The molecular weight excluding hydrogens is 349 g/mol. The van der Waals surface area contributed by atoms with Crippen LogP contribution in [0.4, 0.5) is 5.69 Å². The highest BCUT2D eigenvalue weighted by Crippen LogP contribution is 2.35. The smallest absolute Gasteiger partial charge is 0.133 e. The lowest BCUT2D eigenvalue weighted by Gasteiger charge is -2.26. The lowest BCUT2D eigenvalue weighted by Crippen LogP contribution is -2.15.